The maximum atomic E-state index is 5.25. The molecule has 1 unspecified atom stereocenters. The minimum atomic E-state index is 0.397. The van der Waals surface area contributed by atoms with Crippen LogP contribution in [0.1, 0.15) is 18.5 Å². The second-order valence-corrected chi connectivity index (χ2v) is 6.31. The fourth-order valence-corrected chi connectivity index (χ4v) is 3.36. The lowest BCUT2D eigenvalue weighted by atomic mass is 10.1. The summed E-state index contributed by atoms with van der Waals surface area (Å²) in [5, 5.41) is 7.98. The van der Waals surface area contributed by atoms with E-state index in [9.17, 15) is 0 Å². The number of benzene rings is 1. The predicted octanol–water partition coefficient (Wildman–Crippen LogP) is 2.35. The lowest BCUT2D eigenvalue weighted by molar-refractivity contribution is 0.181. The number of rotatable bonds is 5. The predicted molar refractivity (Wildman–Crippen MR) is 96.8 cm³/mol. The standard InChI is InChI=1S/C18H22N6O/c1-25-12-16-10-17(24-18(22-16)19-13-20-24)23-9-5-8-15(11-23)21-14-6-3-2-4-7-14/h2-4,6-7,10,13,15,21H,5,8-9,11-12H2,1H3. The molecule has 1 atom stereocenters. The second kappa shape index (κ2) is 7.06. The van der Waals surface area contributed by atoms with E-state index in [0.717, 1.165) is 43.1 Å². The summed E-state index contributed by atoms with van der Waals surface area (Å²) in [6.45, 7) is 2.38. The fourth-order valence-electron chi connectivity index (χ4n) is 3.36. The van der Waals surface area contributed by atoms with Crippen LogP contribution in [0, 0.1) is 0 Å². The molecule has 1 aliphatic rings. The van der Waals surface area contributed by atoms with Crippen molar-refractivity contribution in [3.63, 3.8) is 0 Å². The van der Waals surface area contributed by atoms with E-state index in [-0.39, 0.29) is 0 Å². The summed E-state index contributed by atoms with van der Waals surface area (Å²) in [5.41, 5.74) is 2.03. The molecule has 0 amide bonds. The second-order valence-electron chi connectivity index (χ2n) is 6.31. The van der Waals surface area contributed by atoms with Gasteiger partial charge in [-0.3, -0.25) is 0 Å². The number of hydrogen-bond acceptors (Lipinski definition) is 6. The van der Waals surface area contributed by atoms with Crippen molar-refractivity contribution in [2.75, 3.05) is 30.4 Å². The van der Waals surface area contributed by atoms with Crippen LogP contribution in [-0.4, -0.2) is 45.8 Å². The van der Waals surface area contributed by atoms with E-state index in [1.54, 1.807) is 13.4 Å². The van der Waals surface area contributed by atoms with Crippen LogP contribution in [0.3, 0.4) is 0 Å². The number of nitrogens with one attached hydrogen (secondary N) is 1. The smallest absolute Gasteiger partial charge is 0.254 e. The normalized spacial score (nSPS) is 17.8. The molecule has 130 valence electrons. The van der Waals surface area contributed by atoms with Crippen molar-refractivity contribution in [3.05, 3.63) is 48.4 Å². The molecule has 3 aromatic rings. The molecule has 0 aliphatic carbocycles. The Morgan fingerprint density at radius 2 is 2.16 bits per heavy atom. The van der Waals surface area contributed by atoms with Crippen molar-refractivity contribution in [1.82, 2.24) is 19.6 Å². The first-order valence-electron chi connectivity index (χ1n) is 8.58. The molecule has 1 saturated heterocycles. The average Bonchev–Trinajstić information content (AvgIpc) is 3.11. The van der Waals surface area contributed by atoms with Gasteiger partial charge in [0.05, 0.1) is 12.3 Å². The Morgan fingerprint density at radius 1 is 1.28 bits per heavy atom. The van der Waals surface area contributed by atoms with Gasteiger partial charge in [0.25, 0.3) is 5.78 Å². The number of para-hydroxylation sites is 1. The van der Waals surface area contributed by atoms with Gasteiger partial charge in [-0.2, -0.15) is 14.6 Å². The Hall–Kier alpha value is -2.67. The van der Waals surface area contributed by atoms with E-state index < -0.39 is 0 Å². The van der Waals surface area contributed by atoms with E-state index >= 15 is 0 Å². The third-order valence-electron chi connectivity index (χ3n) is 4.47. The van der Waals surface area contributed by atoms with Crippen LogP contribution in [0.2, 0.25) is 0 Å². The molecular weight excluding hydrogens is 316 g/mol. The molecule has 4 rings (SSSR count). The maximum absolute atomic E-state index is 5.25. The Morgan fingerprint density at radius 3 is 3.00 bits per heavy atom. The molecule has 0 saturated carbocycles. The summed E-state index contributed by atoms with van der Waals surface area (Å²) in [5.74, 6) is 1.64. The fraction of sp³-hybridized carbons (Fsp3) is 0.389. The molecule has 3 heterocycles. The van der Waals surface area contributed by atoms with Crippen LogP contribution in [0.4, 0.5) is 11.5 Å². The van der Waals surface area contributed by atoms with E-state index in [1.807, 2.05) is 10.6 Å². The van der Waals surface area contributed by atoms with Crippen molar-refractivity contribution < 1.29 is 4.74 Å². The van der Waals surface area contributed by atoms with Crippen LogP contribution in [0.5, 0.6) is 0 Å². The van der Waals surface area contributed by atoms with Crippen molar-refractivity contribution >= 4 is 17.3 Å². The van der Waals surface area contributed by atoms with Gasteiger partial charge in [-0.05, 0) is 25.0 Å². The van der Waals surface area contributed by atoms with Crippen molar-refractivity contribution in [3.8, 4) is 0 Å². The van der Waals surface area contributed by atoms with Gasteiger partial charge in [0.1, 0.15) is 12.1 Å². The molecule has 1 N–H and O–H groups in total. The highest BCUT2D eigenvalue weighted by Crippen LogP contribution is 2.23. The zero-order valence-electron chi connectivity index (χ0n) is 14.3. The first-order valence-corrected chi connectivity index (χ1v) is 8.58. The zero-order chi connectivity index (χ0) is 17.1. The monoisotopic (exact) mass is 338 g/mol. The average molecular weight is 338 g/mol. The third-order valence-corrected chi connectivity index (χ3v) is 4.47. The van der Waals surface area contributed by atoms with E-state index in [0.29, 0.717) is 18.4 Å². The summed E-state index contributed by atoms with van der Waals surface area (Å²) in [4.78, 5) is 11.1. The van der Waals surface area contributed by atoms with Crippen molar-refractivity contribution in [2.45, 2.75) is 25.5 Å². The summed E-state index contributed by atoms with van der Waals surface area (Å²) in [7, 11) is 1.68. The van der Waals surface area contributed by atoms with Crippen LogP contribution in [-0.2, 0) is 11.3 Å². The van der Waals surface area contributed by atoms with Gasteiger partial charge in [0.15, 0.2) is 0 Å². The topological polar surface area (TPSA) is 67.6 Å². The number of fused-ring (bicyclic) bond motifs is 1. The number of aromatic nitrogens is 4. The number of hydrogen-bond donors (Lipinski definition) is 1. The van der Waals surface area contributed by atoms with Gasteiger partial charge < -0.3 is 15.0 Å². The Labute approximate surface area is 146 Å². The van der Waals surface area contributed by atoms with Gasteiger partial charge in [0.2, 0.25) is 0 Å². The van der Waals surface area contributed by atoms with Gasteiger partial charge in [-0.1, -0.05) is 18.2 Å². The summed E-state index contributed by atoms with van der Waals surface area (Å²) < 4.78 is 7.05. The summed E-state index contributed by atoms with van der Waals surface area (Å²) in [6, 6.07) is 12.8. The quantitative estimate of drug-likeness (QED) is 0.770. The van der Waals surface area contributed by atoms with Crippen molar-refractivity contribution in [2.24, 2.45) is 0 Å². The number of ether oxygens (including phenoxy) is 1. The van der Waals surface area contributed by atoms with Crippen LogP contribution >= 0.6 is 0 Å². The highest BCUT2D eigenvalue weighted by atomic mass is 16.5. The molecule has 25 heavy (non-hydrogen) atoms. The van der Waals surface area contributed by atoms with E-state index in [4.69, 9.17) is 4.74 Å². The summed E-state index contributed by atoms with van der Waals surface area (Å²) >= 11 is 0. The highest BCUT2D eigenvalue weighted by Gasteiger charge is 2.23. The highest BCUT2D eigenvalue weighted by molar-refractivity contribution is 5.49. The molecule has 1 aliphatic heterocycles. The number of methoxy groups -OCH3 is 1. The summed E-state index contributed by atoms with van der Waals surface area (Å²) in [6.07, 6.45) is 3.83. The number of anilines is 2. The van der Waals surface area contributed by atoms with Crippen LogP contribution in [0.15, 0.2) is 42.7 Å². The first-order chi connectivity index (χ1) is 12.3. The lowest BCUT2D eigenvalue weighted by Crippen LogP contribution is -2.43. The van der Waals surface area contributed by atoms with Crippen LogP contribution < -0.4 is 10.2 Å². The van der Waals surface area contributed by atoms with Crippen LogP contribution in [0.25, 0.3) is 5.78 Å². The maximum Gasteiger partial charge on any atom is 0.254 e. The number of nitrogens with zero attached hydrogens (tertiary/aromatic N) is 5. The largest absolute Gasteiger partial charge is 0.381 e. The minimum absolute atomic E-state index is 0.397. The lowest BCUT2D eigenvalue weighted by Gasteiger charge is -2.35. The zero-order valence-corrected chi connectivity index (χ0v) is 14.3. The minimum Gasteiger partial charge on any atom is -0.381 e. The SMILES string of the molecule is COCc1cc(N2CCCC(Nc3ccccc3)C2)n2ncnc2n1. The molecular formula is C18H22N6O. The molecule has 0 bridgehead atoms. The first kappa shape index (κ1) is 15.8. The molecule has 1 fully saturated rings. The Bertz CT molecular complexity index is 834. The molecule has 0 radical (unpaired) electrons. The Balaban J connectivity index is 1.58. The molecule has 2 aromatic heterocycles. The number of piperidine rings is 1. The molecule has 0 spiro atoms. The van der Waals surface area contributed by atoms with Gasteiger partial charge in [-0.15, -0.1) is 0 Å². The Kier molecular flexibility index (Phi) is 4.47. The van der Waals surface area contributed by atoms with E-state index in [2.05, 4.69) is 55.6 Å². The van der Waals surface area contributed by atoms with Gasteiger partial charge in [0, 0.05) is 38.0 Å². The molecule has 1 aromatic carbocycles. The molecule has 7 nitrogen and oxygen atoms in total. The van der Waals surface area contributed by atoms with Gasteiger partial charge in [-0.25, -0.2) is 4.98 Å². The molecule has 7 heteroatoms. The third kappa shape index (κ3) is 3.41. The van der Waals surface area contributed by atoms with Crippen molar-refractivity contribution in [1.29, 1.82) is 0 Å². The van der Waals surface area contributed by atoms with Gasteiger partial charge >= 0.3 is 0 Å². The van der Waals surface area contributed by atoms with E-state index in [1.165, 1.54) is 0 Å².